The molecular weight excluding hydrogens is 470 g/mol. The van der Waals surface area contributed by atoms with Crippen LogP contribution in [0.15, 0.2) is 22.7 Å². The first kappa shape index (κ1) is 28.7. The predicted molar refractivity (Wildman–Crippen MR) is 123 cm³/mol. The monoisotopic (exact) mass is 503 g/mol. The molecule has 0 aliphatic carbocycles. The van der Waals surface area contributed by atoms with E-state index >= 15 is 0 Å². The van der Waals surface area contributed by atoms with Gasteiger partial charge in [-0.15, -0.1) is 0 Å². The van der Waals surface area contributed by atoms with E-state index < -0.39 is 35.1 Å². The Bertz CT molecular complexity index is 761. The van der Waals surface area contributed by atoms with Crippen molar-refractivity contribution in [3.8, 4) is 0 Å². The molecule has 0 heterocycles. The van der Waals surface area contributed by atoms with E-state index in [2.05, 4.69) is 20.7 Å². The number of halogens is 1. The highest BCUT2D eigenvalue weighted by atomic mass is 79.9. The minimum atomic E-state index is -1.06. The fraction of sp³-hybridized carbons (Fsp3) is 0.591. The number of nitrogens with zero attached hydrogens (tertiary/aromatic N) is 1. The lowest BCUT2D eigenvalue weighted by Crippen LogP contribution is -2.45. The molecule has 0 aromatic heterocycles. The molecule has 0 radical (unpaired) electrons. The summed E-state index contributed by atoms with van der Waals surface area (Å²) in [5.41, 5.74) is -0.0842. The number of hydrogen-bond donors (Lipinski definition) is 1. The van der Waals surface area contributed by atoms with E-state index in [1.165, 1.54) is 4.90 Å². The molecule has 1 amide bonds. The zero-order chi connectivity index (χ0) is 24.8. The maximum atomic E-state index is 11.3. The molecule has 1 aromatic carbocycles. The molecule has 0 fully saturated rings. The summed E-state index contributed by atoms with van der Waals surface area (Å²) < 4.78 is 14.7. The fourth-order valence-electron chi connectivity index (χ4n) is 2.12. The van der Waals surface area contributed by atoms with E-state index in [1.807, 2.05) is 45.9 Å². The largest absolute Gasteiger partial charge is 0.519 e. The first-order chi connectivity index (χ1) is 13.7. The van der Waals surface area contributed by atoms with Crippen molar-refractivity contribution in [2.24, 2.45) is 0 Å². The Morgan fingerprint density at radius 3 is 1.58 bits per heavy atom. The second-order valence-corrected chi connectivity index (χ2v) is 10.6. The van der Waals surface area contributed by atoms with Crippen molar-refractivity contribution in [3.63, 3.8) is 0 Å². The highest BCUT2D eigenvalue weighted by Gasteiger charge is 2.28. The molecule has 8 nitrogen and oxygen atoms in total. The molecule has 1 N–H and O–H groups in total. The van der Waals surface area contributed by atoms with Crippen LogP contribution in [0.1, 0.15) is 67.9 Å². The van der Waals surface area contributed by atoms with Crippen LogP contribution in [0.4, 0.5) is 20.1 Å². The van der Waals surface area contributed by atoms with Crippen molar-refractivity contribution in [2.75, 3.05) is 4.90 Å². The van der Waals surface area contributed by atoms with Gasteiger partial charge in [-0.1, -0.05) is 22.0 Å². The number of carbonyl (C=O) groups is 3. The zero-order valence-corrected chi connectivity index (χ0v) is 21.5. The highest BCUT2D eigenvalue weighted by Crippen LogP contribution is 2.28. The van der Waals surface area contributed by atoms with Gasteiger partial charge in [0, 0.05) is 15.7 Å². The summed E-state index contributed by atoms with van der Waals surface area (Å²) in [5.74, 6) is 0. The van der Waals surface area contributed by atoms with E-state index in [0.717, 1.165) is 10.0 Å². The van der Waals surface area contributed by atoms with Gasteiger partial charge < -0.3 is 19.3 Å². The van der Waals surface area contributed by atoms with Gasteiger partial charge in [0.25, 0.3) is 0 Å². The van der Waals surface area contributed by atoms with Gasteiger partial charge in [-0.3, -0.25) is 4.90 Å². The normalized spacial score (nSPS) is 11.6. The minimum absolute atomic E-state index is 0.458. The number of carboxylic acid groups (broad SMARTS) is 1. The Labute approximate surface area is 193 Å². The maximum Gasteiger partial charge on any atom is 0.519 e. The minimum Gasteiger partial charge on any atom is -0.465 e. The number of hydrogen-bond acceptors (Lipinski definition) is 6. The number of rotatable bonds is 1. The quantitative estimate of drug-likeness (QED) is 0.327. The van der Waals surface area contributed by atoms with Gasteiger partial charge in [0.05, 0.1) is 0 Å². The second-order valence-electron chi connectivity index (χ2n) is 9.75. The van der Waals surface area contributed by atoms with Gasteiger partial charge in [-0.05, 0) is 86.9 Å². The lowest BCUT2D eigenvalue weighted by atomic mass is 10.1. The van der Waals surface area contributed by atoms with Crippen LogP contribution >= 0.6 is 15.9 Å². The van der Waals surface area contributed by atoms with Crippen LogP contribution in [0.25, 0.3) is 0 Å². The van der Waals surface area contributed by atoms with Crippen LogP contribution in [0.3, 0.4) is 0 Å². The molecule has 0 spiro atoms. The second kappa shape index (κ2) is 10.8. The number of anilines is 1. The molecule has 0 aliphatic rings. The number of ether oxygens (including phenoxy) is 3. The SMILES string of the molecule is CC(C)(C)OC(=O)OC(=O)OC(C)(C)C.Cc1ccc(N(C(=O)O)C(C)(C)C)cc1Br. The molecule has 0 unspecified atom stereocenters. The van der Waals surface area contributed by atoms with Crippen LogP contribution in [-0.4, -0.2) is 40.3 Å². The summed E-state index contributed by atoms with van der Waals surface area (Å²) in [4.78, 5) is 34.6. The molecule has 9 heteroatoms. The molecule has 31 heavy (non-hydrogen) atoms. The zero-order valence-electron chi connectivity index (χ0n) is 20.0. The lowest BCUT2D eigenvalue weighted by Gasteiger charge is -2.33. The molecule has 0 saturated carbocycles. The number of carbonyl (C=O) groups excluding carboxylic acids is 2. The van der Waals surface area contributed by atoms with Gasteiger partial charge in [0.15, 0.2) is 0 Å². The van der Waals surface area contributed by atoms with Crippen LogP contribution in [0.2, 0.25) is 0 Å². The van der Waals surface area contributed by atoms with Gasteiger partial charge in [0.2, 0.25) is 0 Å². The van der Waals surface area contributed by atoms with Crippen molar-refractivity contribution >= 4 is 40.0 Å². The molecular formula is C22H34BrNO7. The Morgan fingerprint density at radius 2 is 1.29 bits per heavy atom. The van der Waals surface area contributed by atoms with E-state index in [-0.39, 0.29) is 0 Å². The predicted octanol–water partition coefficient (Wildman–Crippen LogP) is 6.91. The fourth-order valence-corrected chi connectivity index (χ4v) is 2.48. The summed E-state index contributed by atoms with van der Waals surface area (Å²) in [6.07, 6.45) is -3.06. The van der Waals surface area contributed by atoms with Crippen molar-refractivity contribution in [2.45, 2.75) is 86.0 Å². The molecule has 0 saturated heterocycles. The Morgan fingerprint density at radius 1 is 0.871 bits per heavy atom. The summed E-state index contributed by atoms with van der Waals surface area (Å²) in [7, 11) is 0. The highest BCUT2D eigenvalue weighted by molar-refractivity contribution is 9.10. The summed E-state index contributed by atoms with van der Waals surface area (Å²) in [6, 6.07) is 5.55. The van der Waals surface area contributed by atoms with Crippen LogP contribution in [0, 0.1) is 6.92 Å². The first-order valence-corrected chi connectivity index (χ1v) is 10.5. The maximum absolute atomic E-state index is 11.3. The van der Waals surface area contributed by atoms with Gasteiger partial charge in [0.1, 0.15) is 11.2 Å². The van der Waals surface area contributed by atoms with Crippen molar-refractivity contribution in [1.82, 2.24) is 0 Å². The third kappa shape index (κ3) is 12.2. The first-order valence-electron chi connectivity index (χ1n) is 9.66. The van der Waals surface area contributed by atoms with Gasteiger partial charge in [-0.25, -0.2) is 14.4 Å². The summed E-state index contributed by atoms with van der Waals surface area (Å²) in [6.45, 7) is 17.6. The van der Waals surface area contributed by atoms with E-state index in [4.69, 9.17) is 9.47 Å². The number of benzene rings is 1. The average molecular weight is 504 g/mol. The van der Waals surface area contributed by atoms with E-state index in [0.29, 0.717) is 5.69 Å². The van der Waals surface area contributed by atoms with Crippen LogP contribution in [-0.2, 0) is 14.2 Å². The Balaban J connectivity index is 0.000000582. The van der Waals surface area contributed by atoms with Crippen LogP contribution < -0.4 is 4.90 Å². The average Bonchev–Trinajstić information content (AvgIpc) is 2.45. The summed E-state index contributed by atoms with van der Waals surface area (Å²) in [5, 5.41) is 9.23. The number of amides is 1. The Hall–Kier alpha value is -2.29. The van der Waals surface area contributed by atoms with E-state index in [1.54, 1.807) is 41.5 Å². The Kier molecular flexibility index (Phi) is 10.0. The lowest BCUT2D eigenvalue weighted by molar-refractivity contribution is -0.0293. The topological polar surface area (TPSA) is 102 Å². The number of aryl methyl sites for hydroxylation is 1. The molecule has 0 bridgehead atoms. The molecule has 1 rings (SSSR count). The third-order valence-corrected chi connectivity index (χ3v) is 4.08. The van der Waals surface area contributed by atoms with Crippen LogP contribution in [0.5, 0.6) is 0 Å². The smallest absolute Gasteiger partial charge is 0.465 e. The van der Waals surface area contributed by atoms with Gasteiger partial charge >= 0.3 is 18.4 Å². The molecule has 176 valence electrons. The van der Waals surface area contributed by atoms with Crippen molar-refractivity contribution in [1.29, 1.82) is 0 Å². The standard InChI is InChI=1S/C12H16BrNO2.C10H18O5/c1-8-5-6-9(7-10(8)13)14(11(15)16)12(2,3)4;1-9(2,3)14-7(11)13-8(12)15-10(4,5)6/h5-7H,1-4H3,(H,15,16);1-6H3. The van der Waals surface area contributed by atoms with Crippen molar-refractivity contribution < 1.29 is 33.7 Å². The third-order valence-electron chi connectivity index (χ3n) is 3.22. The molecule has 0 aliphatic heterocycles. The van der Waals surface area contributed by atoms with Crippen molar-refractivity contribution in [3.05, 3.63) is 28.2 Å². The van der Waals surface area contributed by atoms with Gasteiger partial charge in [-0.2, -0.15) is 0 Å². The molecule has 1 aromatic rings. The summed E-state index contributed by atoms with van der Waals surface area (Å²) >= 11 is 3.41. The molecule has 0 atom stereocenters. The van der Waals surface area contributed by atoms with E-state index in [9.17, 15) is 19.5 Å².